The standard InChI is InChI=1S/C31H29NO.ClH/c1-32(2)30(24-12-4-3-5-13-24)21-22-33-31-20-19-28(27-16-8-9-17-29(27)31)26-18-10-14-23-11-6-7-15-25(23)26;/h3-20,30H,21-22H2,1-2H3;1H. The van der Waals surface area contributed by atoms with Crippen molar-refractivity contribution < 1.29 is 4.74 Å². The second-order valence-electron chi connectivity index (χ2n) is 8.71. The summed E-state index contributed by atoms with van der Waals surface area (Å²) in [5, 5.41) is 4.91. The molecule has 5 aromatic carbocycles. The highest BCUT2D eigenvalue weighted by Crippen LogP contribution is 2.37. The van der Waals surface area contributed by atoms with E-state index in [1.165, 1.54) is 32.8 Å². The Morgan fingerprint density at radius 1 is 0.618 bits per heavy atom. The van der Waals surface area contributed by atoms with Crippen molar-refractivity contribution in [2.24, 2.45) is 0 Å². The molecule has 0 amide bonds. The predicted octanol–water partition coefficient (Wildman–Crippen LogP) is 8.15. The normalized spacial score (nSPS) is 12.0. The molecule has 0 aromatic heterocycles. The van der Waals surface area contributed by atoms with Crippen LogP contribution in [0.3, 0.4) is 0 Å². The zero-order valence-corrected chi connectivity index (χ0v) is 20.5. The molecular formula is C31H30ClNO. The minimum Gasteiger partial charge on any atom is -0.493 e. The van der Waals surface area contributed by atoms with Crippen molar-refractivity contribution in [3.63, 3.8) is 0 Å². The largest absolute Gasteiger partial charge is 0.493 e. The van der Waals surface area contributed by atoms with Gasteiger partial charge in [-0.05, 0) is 53.0 Å². The quantitative estimate of drug-likeness (QED) is 0.239. The molecule has 0 heterocycles. The highest BCUT2D eigenvalue weighted by molar-refractivity contribution is 6.06. The molecule has 0 N–H and O–H groups in total. The summed E-state index contributed by atoms with van der Waals surface area (Å²) in [7, 11) is 4.26. The third kappa shape index (κ3) is 4.79. The van der Waals surface area contributed by atoms with Gasteiger partial charge in [0.15, 0.2) is 0 Å². The minimum absolute atomic E-state index is 0. The number of fused-ring (bicyclic) bond motifs is 2. The molecule has 1 unspecified atom stereocenters. The van der Waals surface area contributed by atoms with E-state index in [1.807, 2.05) is 0 Å². The summed E-state index contributed by atoms with van der Waals surface area (Å²) in [4.78, 5) is 2.26. The van der Waals surface area contributed by atoms with E-state index in [0.29, 0.717) is 12.6 Å². The first kappa shape index (κ1) is 23.8. The van der Waals surface area contributed by atoms with Crippen LogP contribution in [0.1, 0.15) is 18.0 Å². The Labute approximate surface area is 208 Å². The fourth-order valence-corrected chi connectivity index (χ4v) is 4.77. The Bertz CT molecular complexity index is 1380. The summed E-state index contributed by atoms with van der Waals surface area (Å²) in [6.07, 6.45) is 0.927. The van der Waals surface area contributed by atoms with Crippen LogP contribution < -0.4 is 4.74 Å². The van der Waals surface area contributed by atoms with Crippen LogP contribution in [0.2, 0.25) is 0 Å². The van der Waals surface area contributed by atoms with Crippen LogP contribution in [0.25, 0.3) is 32.7 Å². The molecule has 0 aliphatic rings. The topological polar surface area (TPSA) is 12.5 Å². The summed E-state index contributed by atoms with van der Waals surface area (Å²) in [6, 6.07) is 39.0. The number of hydrogen-bond donors (Lipinski definition) is 0. The van der Waals surface area contributed by atoms with Gasteiger partial charge in [-0.1, -0.05) is 103 Å². The van der Waals surface area contributed by atoms with E-state index < -0.39 is 0 Å². The van der Waals surface area contributed by atoms with Crippen LogP contribution in [-0.4, -0.2) is 25.6 Å². The van der Waals surface area contributed by atoms with Crippen LogP contribution >= 0.6 is 12.4 Å². The maximum atomic E-state index is 6.37. The number of benzene rings is 5. The van der Waals surface area contributed by atoms with Gasteiger partial charge in [0.05, 0.1) is 6.61 Å². The number of ether oxygens (including phenoxy) is 1. The van der Waals surface area contributed by atoms with Gasteiger partial charge in [0.2, 0.25) is 0 Å². The maximum absolute atomic E-state index is 6.37. The van der Waals surface area contributed by atoms with Crippen molar-refractivity contribution in [1.29, 1.82) is 0 Å². The monoisotopic (exact) mass is 467 g/mol. The van der Waals surface area contributed by atoms with Gasteiger partial charge >= 0.3 is 0 Å². The van der Waals surface area contributed by atoms with Gasteiger partial charge in [-0.25, -0.2) is 0 Å². The molecule has 0 spiro atoms. The van der Waals surface area contributed by atoms with Crippen molar-refractivity contribution in [3.8, 4) is 16.9 Å². The Hall–Kier alpha value is -3.33. The van der Waals surface area contributed by atoms with Gasteiger partial charge in [0, 0.05) is 17.8 Å². The third-order valence-electron chi connectivity index (χ3n) is 6.42. The molecule has 0 saturated carbocycles. The zero-order valence-electron chi connectivity index (χ0n) is 19.6. The highest BCUT2D eigenvalue weighted by Gasteiger charge is 2.15. The second-order valence-corrected chi connectivity index (χ2v) is 8.71. The van der Waals surface area contributed by atoms with Gasteiger partial charge in [-0.2, -0.15) is 0 Å². The van der Waals surface area contributed by atoms with E-state index in [-0.39, 0.29) is 12.4 Å². The first-order valence-electron chi connectivity index (χ1n) is 11.6. The van der Waals surface area contributed by atoms with E-state index in [4.69, 9.17) is 4.74 Å². The van der Waals surface area contributed by atoms with Crippen LogP contribution in [0.15, 0.2) is 109 Å². The van der Waals surface area contributed by atoms with Gasteiger partial charge in [0.1, 0.15) is 5.75 Å². The Balaban J connectivity index is 0.00000274. The summed E-state index contributed by atoms with van der Waals surface area (Å²) in [5.74, 6) is 0.945. The van der Waals surface area contributed by atoms with Crippen molar-refractivity contribution in [2.45, 2.75) is 12.5 Å². The van der Waals surface area contributed by atoms with Crippen molar-refractivity contribution >= 4 is 34.0 Å². The molecule has 3 heteroatoms. The van der Waals surface area contributed by atoms with Crippen LogP contribution in [0, 0.1) is 0 Å². The first-order chi connectivity index (χ1) is 16.2. The summed E-state index contributed by atoms with van der Waals surface area (Å²) in [5.41, 5.74) is 3.82. The highest BCUT2D eigenvalue weighted by atomic mass is 35.5. The van der Waals surface area contributed by atoms with Crippen LogP contribution in [0.5, 0.6) is 5.75 Å². The lowest BCUT2D eigenvalue weighted by Crippen LogP contribution is -2.22. The smallest absolute Gasteiger partial charge is 0.127 e. The van der Waals surface area contributed by atoms with Crippen LogP contribution in [0.4, 0.5) is 0 Å². The molecule has 172 valence electrons. The molecule has 0 aliphatic heterocycles. The molecule has 5 rings (SSSR count). The summed E-state index contributed by atoms with van der Waals surface area (Å²) in [6.45, 7) is 0.662. The lowest BCUT2D eigenvalue weighted by molar-refractivity contribution is 0.225. The van der Waals surface area contributed by atoms with Crippen LogP contribution in [-0.2, 0) is 0 Å². The van der Waals surface area contributed by atoms with E-state index in [9.17, 15) is 0 Å². The summed E-state index contributed by atoms with van der Waals surface area (Å²) >= 11 is 0. The van der Waals surface area contributed by atoms with E-state index in [0.717, 1.165) is 17.6 Å². The molecule has 34 heavy (non-hydrogen) atoms. The van der Waals surface area contributed by atoms with Gasteiger partial charge in [-0.3, -0.25) is 0 Å². The lowest BCUT2D eigenvalue weighted by atomic mass is 9.93. The average Bonchev–Trinajstić information content (AvgIpc) is 2.86. The predicted molar refractivity (Wildman–Crippen MR) is 147 cm³/mol. The molecular weight excluding hydrogens is 438 g/mol. The summed E-state index contributed by atoms with van der Waals surface area (Å²) < 4.78 is 6.37. The Kier molecular flexibility index (Phi) is 7.52. The second kappa shape index (κ2) is 10.7. The van der Waals surface area contributed by atoms with Crippen molar-refractivity contribution in [1.82, 2.24) is 4.90 Å². The third-order valence-corrected chi connectivity index (χ3v) is 6.42. The van der Waals surface area contributed by atoms with Gasteiger partial charge < -0.3 is 9.64 Å². The van der Waals surface area contributed by atoms with Gasteiger partial charge in [-0.15, -0.1) is 12.4 Å². The molecule has 0 fully saturated rings. The number of rotatable bonds is 7. The fourth-order valence-electron chi connectivity index (χ4n) is 4.77. The average molecular weight is 468 g/mol. The number of hydrogen-bond acceptors (Lipinski definition) is 2. The van der Waals surface area contributed by atoms with Crippen molar-refractivity contribution in [2.75, 3.05) is 20.7 Å². The zero-order chi connectivity index (χ0) is 22.6. The van der Waals surface area contributed by atoms with E-state index >= 15 is 0 Å². The molecule has 0 bridgehead atoms. The molecule has 0 radical (unpaired) electrons. The Morgan fingerprint density at radius 2 is 1.24 bits per heavy atom. The molecule has 2 nitrogen and oxygen atoms in total. The first-order valence-corrected chi connectivity index (χ1v) is 11.6. The maximum Gasteiger partial charge on any atom is 0.127 e. The van der Waals surface area contributed by atoms with Crippen molar-refractivity contribution in [3.05, 3.63) is 115 Å². The molecule has 5 aromatic rings. The fraction of sp³-hybridized carbons (Fsp3) is 0.161. The molecule has 0 aliphatic carbocycles. The SMILES string of the molecule is CN(C)C(CCOc1ccc(-c2cccc3ccccc23)c2ccccc12)c1ccccc1.Cl. The van der Waals surface area contributed by atoms with Gasteiger partial charge in [0.25, 0.3) is 0 Å². The molecule has 0 saturated heterocycles. The number of halogens is 1. The Morgan fingerprint density at radius 3 is 2.00 bits per heavy atom. The van der Waals surface area contributed by atoms with E-state index in [2.05, 4.69) is 128 Å². The number of nitrogens with zero attached hydrogens (tertiary/aromatic N) is 1. The lowest BCUT2D eigenvalue weighted by Gasteiger charge is -2.25. The minimum atomic E-state index is 0. The molecule has 1 atom stereocenters. The van der Waals surface area contributed by atoms with E-state index in [1.54, 1.807) is 0 Å².